The molecular weight excluding hydrogens is 528 g/mol. The summed E-state index contributed by atoms with van der Waals surface area (Å²) < 4.78 is 4.88. The van der Waals surface area contributed by atoms with Gasteiger partial charge in [-0.2, -0.15) is 0 Å². The highest BCUT2D eigenvalue weighted by molar-refractivity contribution is 6.36. The van der Waals surface area contributed by atoms with E-state index >= 15 is 0 Å². The number of hydrogen-bond acceptors (Lipinski definition) is 5. The zero-order valence-electron chi connectivity index (χ0n) is 23.1. The Morgan fingerprint density at radius 1 is 1.05 bits per heavy atom. The Balaban J connectivity index is 1.44. The zero-order chi connectivity index (χ0) is 28.8. The van der Waals surface area contributed by atoms with Gasteiger partial charge in [-0.25, -0.2) is 9.59 Å². The number of hydrogen-bond donors (Lipinski definition) is 4. The van der Waals surface area contributed by atoms with E-state index < -0.39 is 23.9 Å². The summed E-state index contributed by atoms with van der Waals surface area (Å²) in [6.45, 7) is 5.84. The highest BCUT2D eigenvalue weighted by Gasteiger charge is 2.27. The zero-order valence-corrected chi connectivity index (χ0v) is 23.9. The highest BCUT2D eigenvalue weighted by Crippen LogP contribution is 2.32. The van der Waals surface area contributed by atoms with E-state index in [0.29, 0.717) is 17.2 Å². The van der Waals surface area contributed by atoms with Crippen LogP contribution in [0.1, 0.15) is 64.8 Å². The van der Waals surface area contributed by atoms with Crippen molar-refractivity contribution >= 4 is 40.9 Å². The van der Waals surface area contributed by atoms with Gasteiger partial charge in [0.1, 0.15) is 6.04 Å². The number of fused-ring (bicyclic) bond motifs is 1. The maximum absolute atomic E-state index is 13.4. The Hall–Kier alpha value is -4.04. The molecule has 0 spiro atoms. The fraction of sp³-hybridized carbons (Fsp3) is 0.323. The Bertz CT molecular complexity index is 1410. The normalized spacial score (nSPS) is 14.7. The minimum absolute atomic E-state index is 0.111. The second-order valence-corrected chi connectivity index (χ2v) is 10.6. The summed E-state index contributed by atoms with van der Waals surface area (Å²) in [4.78, 5) is 38.5. The standard InChI is InChI=1S/C31H35ClN4O4/c1-18(2)21-9-7-10-22(16-21)34-25-14-12-19(3)27(28(25)32)29(37)35-26(30(38)40-4)17-33-31(39)36-24-15-13-20-8-5-6-11-23(20)24/h5-12,14,16,18,24,26,34H,13,15,17H2,1-4H3,(H,35,37)(H2,33,36,39)/t24?,26-/m0/s1. The quantitative estimate of drug-likeness (QED) is 0.247. The number of ether oxygens (including phenoxy) is 1. The number of benzene rings is 3. The molecule has 210 valence electrons. The smallest absolute Gasteiger partial charge is 0.330 e. The molecule has 2 atom stereocenters. The molecule has 3 aromatic rings. The van der Waals surface area contributed by atoms with Crippen molar-refractivity contribution < 1.29 is 19.1 Å². The molecule has 8 nitrogen and oxygen atoms in total. The van der Waals surface area contributed by atoms with Gasteiger partial charge in [0.25, 0.3) is 5.91 Å². The molecule has 0 aromatic heterocycles. The molecule has 1 unspecified atom stereocenters. The van der Waals surface area contributed by atoms with E-state index in [1.54, 1.807) is 19.1 Å². The van der Waals surface area contributed by atoms with Crippen LogP contribution in [0.15, 0.2) is 60.7 Å². The molecule has 0 radical (unpaired) electrons. The molecule has 0 fully saturated rings. The van der Waals surface area contributed by atoms with Gasteiger partial charge in [0, 0.05) is 5.69 Å². The third-order valence-corrected chi connectivity index (χ3v) is 7.50. The molecule has 3 amide bonds. The summed E-state index contributed by atoms with van der Waals surface area (Å²) >= 11 is 6.70. The minimum atomic E-state index is -1.12. The van der Waals surface area contributed by atoms with Crippen LogP contribution in [0.3, 0.4) is 0 Å². The van der Waals surface area contributed by atoms with Gasteiger partial charge in [-0.3, -0.25) is 4.79 Å². The van der Waals surface area contributed by atoms with Crippen LogP contribution in [0.4, 0.5) is 16.2 Å². The van der Waals surface area contributed by atoms with E-state index in [0.717, 1.165) is 24.1 Å². The summed E-state index contributed by atoms with van der Waals surface area (Å²) in [7, 11) is 1.23. The van der Waals surface area contributed by atoms with Crippen molar-refractivity contribution in [1.29, 1.82) is 0 Å². The number of esters is 1. The molecule has 0 aliphatic heterocycles. The first-order valence-electron chi connectivity index (χ1n) is 13.3. The monoisotopic (exact) mass is 562 g/mol. The molecule has 0 bridgehead atoms. The SMILES string of the molecule is COC(=O)[C@H](CNC(=O)NC1CCc2ccccc21)NC(=O)c1c(C)ccc(Nc2cccc(C(C)C)c2)c1Cl. The van der Waals surface area contributed by atoms with Crippen LogP contribution in [0.25, 0.3) is 0 Å². The second kappa shape index (κ2) is 12.9. The maximum Gasteiger partial charge on any atom is 0.330 e. The molecular formula is C31H35ClN4O4. The summed E-state index contributed by atoms with van der Waals surface area (Å²) in [5.74, 6) is -0.880. The summed E-state index contributed by atoms with van der Waals surface area (Å²) in [5.41, 5.74) is 5.74. The van der Waals surface area contributed by atoms with E-state index in [9.17, 15) is 14.4 Å². The number of anilines is 2. The van der Waals surface area contributed by atoms with Crippen molar-refractivity contribution in [3.63, 3.8) is 0 Å². The van der Waals surface area contributed by atoms with Crippen LogP contribution in [0.5, 0.6) is 0 Å². The Morgan fingerprint density at radius 2 is 1.82 bits per heavy atom. The number of urea groups is 1. The molecule has 1 aliphatic carbocycles. The van der Waals surface area contributed by atoms with E-state index in [-0.39, 0.29) is 23.2 Å². The largest absolute Gasteiger partial charge is 0.467 e. The van der Waals surface area contributed by atoms with Gasteiger partial charge >= 0.3 is 12.0 Å². The van der Waals surface area contributed by atoms with Crippen molar-refractivity contribution in [2.45, 2.75) is 51.6 Å². The summed E-state index contributed by atoms with van der Waals surface area (Å²) in [5, 5.41) is 11.8. The Labute approximate surface area is 239 Å². The number of rotatable bonds is 9. The molecule has 4 N–H and O–H groups in total. The minimum Gasteiger partial charge on any atom is -0.467 e. The highest BCUT2D eigenvalue weighted by atomic mass is 35.5. The van der Waals surface area contributed by atoms with Crippen molar-refractivity contribution in [2.75, 3.05) is 19.0 Å². The summed E-state index contributed by atoms with van der Waals surface area (Å²) in [6, 6.07) is 17.9. The van der Waals surface area contributed by atoms with Gasteiger partial charge in [-0.05, 0) is 66.1 Å². The lowest BCUT2D eigenvalue weighted by molar-refractivity contribution is -0.142. The number of aryl methyl sites for hydroxylation is 2. The average Bonchev–Trinajstić information content (AvgIpc) is 3.35. The van der Waals surface area contributed by atoms with Gasteiger partial charge in [0.05, 0.1) is 36.0 Å². The van der Waals surface area contributed by atoms with Crippen LogP contribution in [-0.2, 0) is 16.0 Å². The van der Waals surface area contributed by atoms with Gasteiger partial charge < -0.3 is 26.0 Å². The van der Waals surface area contributed by atoms with Crippen molar-refractivity contribution in [1.82, 2.24) is 16.0 Å². The topological polar surface area (TPSA) is 109 Å². The molecule has 0 saturated carbocycles. The number of methoxy groups -OCH3 is 1. The van der Waals surface area contributed by atoms with Crippen molar-refractivity contribution in [2.24, 2.45) is 0 Å². The van der Waals surface area contributed by atoms with Gasteiger partial charge in [0.2, 0.25) is 0 Å². The number of carbonyl (C=O) groups is 3. The summed E-state index contributed by atoms with van der Waals surface area (Å²) in [6.07, 6.45) is 1.69. The number of carbonyl (C=O) groups excluding carboxylic acids is 3. The fourth-order valence-electron chi connectivity index (χ4n) is 4.86. The predicted molar refractivity (Wildman–Crippen MR) is 157 cm³/mol. The van der Waals surface area contributed by atoms with Gasteiger partial charge in [-0.15, -0.1) is 0 Å². The van der Waals surface area contributed by atoms with Crippen LogP contribution < -0.4 is 21.3 Å². The molecule has 40 heavy (non-hydrogen) atoms. The Kier molecular flexibility index (Phi) is 9.32. The van der Waals surface area contributed by atoms with Crippen molar-refractivity contribution in [3.8, 4) is 0 Å². The lowest BCUT2D eigenvalue weighted by atomic mass is 10.0. The lowest BCUT2D eigenvalue weighted by Crippen LogP contribution is -2.51. The van der Waals surface area contributed by atoms with Gasteiger partial charge in [0.15, 0.2) is 0 Å². The first-order valence-corrected chi connectivity index (χ1v) is 13.7. The molecule has 0 heterocycles. The number of nitrogens with one attached hydrogen (secondary N) is 4. The fourth-order valence-corrected chi connectivity index (χ4v) is 5.20. The van der Waals surface area contributed by atoms with Crippen LogP contribution >= 0.6 is 11.6 Å². The molecule has 3 aromatic carbocycles. The first kappa shape index (κ1) is 29.0. The van der Waals surface area contributed by atoms with Crippen LogP contribution in [0, 0.1) is 6.92 Å². The van der Waals surface area contributed by atoms with Crippen LogP contribution in [-0.4, -0.2) is 37.6 Å². The number of amides is 3. The molecule has 4 rings (SSSR count). The Morgan fingerprint density at radius 3 is 2.58 bits per heavy atom. The molecule has 0 saturated heterocycles. The predicted octanol–water partition coefficient (Wildman–Crippen LogP) is 5.77. The van der Waals surface area contributed by atoms with E-state index in [1.807, 2.05) is 36.4 Å². The van der Waals surface area contributed by atoms with E-state index in [1.165, 1.54) is 18.2 Å². The lowest BCUT2D eigenvalue weighted by Gasteiger charge is -2.20. The number of halogens is 1. The third kappa shape index (κ3) is 6.74. The third-order valence-electron chi connectivity index (χ3n) is 7.11. The average molecular weight is 563 g/mol. The maximum atomic E-state index is 13.4. The van der Waals surface area contributed by atoms with E-state index in [4.69, 9.17) is 16.3 Å². The van der Waals surface area contributed by atoms with Crippen LogP contribution in [0.2, 0.25) is 5.02 Å². The first-order chi connectivity index (χ1) is 19.2. The molecule has 1 aliphatic rings. The second-order valence-electron chi connectivity index (χ2n) is 10.2. The van der Waals surface area contributed by atoms with Gasteiger partial charge in [-0.1, -0.05) is 67.9 Å². The van der Waals surface area contributed by atoms with Crippen molar-refractivity contribution in [3.05, 3.63) is 93.5 Å². The van der Waals surface area contributed by atoms with E-state index in [2.05, 4.69) is 47.2 Å². The molecule has 9 heteroatoms.